The number of amides is 3. The van der Waals surface area contributed by atoms with Crippen LogP contribution in [-0.2, 0) is 14.4 Å². The molecule has 45 heavy (non-hydrogen) atoms. The molecular weight excluding hydrogens is 629 g/mol. The zero-order chi connectivity index (χ0) is 33.9. The number of hydrogen-bond donors (Lipinski definition) is 6. The minimum Gasteiger partial charge on any atom is -0.481 e. The quantitative estimate of drug-likeness (QED) is 0.143. The third-order valence-corrected chi connectivity index (χ3v) is 7.89. The summed E-state index contributed by atoms with van der Waals surface area (Å²) in [7, 11) is 3.58. The molecule has 1 unspecified atom stereocenters. The van der Waals surface area contributed by atoms with E-state index in [2.05, 4.69) is 5.32 Å². The molecule has 0 saturated carbocycles. The fraction of sp³-hybridized carbons (Fsp3) is 0.323. The SMILES string of the molecule is C[N+](C)(CCC(CCNC(=O)c1cccc2ccccc12)c1ccc(Cl)c(Cl)c1)C(N)=O.O=C(O)CC(O)(CC(=O)O)C(=O)O. The van der Waals surface area contributed by atoms with E-state index in [9.17, 15) is 24.0 Å². The van der Waals surface area contributed by atoms with Crippen LogP contribution < -0.4 is 11.1 Å². The molecule has 0 aliphatic heterocycles. The number of carbonyl (C=O) groups excluding carboxylic acids is 2. The van der Waals surface area contributed by atoms with E-state index in [4.69, 9.17) is 49.4 Å². The molecule has 3 aromatic rings. The molecule has 0 radical (unpaired) electrons. The van der Waals surface area contributed by atoms with Crippen molar-refractivity contribution in [3.8, 4) is 0 Å². The Labute approximate surface area is 269 Å². The summed E-state index contributed by atoms with van der Waals surface area (Å²) < 4.78 is 0.0835. The number of quaternary nitrogens is 1. The van der Waals surface area contributed by atoms with Crippen molar-refractivity contribution >= 4 is 63.8 Å². The van der Waals surface area contributed by atoms with E-state index >= 15 is 0 Å². The van der Waals surface area contributed by atoms with E-state index in [0.717, 1.165) is 16.3 Å². The maximum Gasteiger partial charge on any atom is 0.413 e. The molecule has 3 rings (SSSR count). The van der Waals surface area contributed by atoms with Crippen molar-refractivity contribution in [2.45, 2.75) is 37.2 Å². The van der Waals surface area contributed by atoms with Gasteiger partial charge in [-0.2, -0.15) is 0 Å². The van der Waals surface area contributed by atoms with Crippen LogP contribution in [0.1, 0.15) is 47.5 Å². The molecule has 12 nitrogen and oxygen atoms in total. The summed E-state index contributed by atoms with van der Waals surface area (Å²) in [5, 5.41) is 39.8. The number of primary amides is 1. The van der Waals surface area contributed by atoms with Crippen LogP contribution in [0, 0.1) is 0 Å². The molecule has 242 valence electrons. The van der Waals surface area contributed by atoms with Crippen molar-refractivity contribution in [1.82, 2.24) is 5.32 Å². The van der Waals surface area contributed by atoms with Crippen molar-refractivity contribution in [2.75, 3.05) is 27.2 Å². The number of carboxylic acid groups (broad SMARTS) is 3. The highest BCUT2D eigenvalue weighted by atomic mass is 35.5. The molecule has 0 spiro atoms. The standard InChI is InChI=1S/C25H27Cl2N3O2.C6H8O7/c1-30(2,25(28)32)15-13-17(19-10-11-22(26)23(27)16-19)12-14-29-24(31)21-9-5-7-18-6-3-4-8-20(18)21;7-3(8)1-6(13,5(11)12)2-4(9)10/h3-11,16-17H,12-15H2,1-2H3,(H2-,28,29,31,32);13H,1-2H2,(H,7,8)(H,9,10)(H,11,12)/p+1. The lowest BCUT2D eigenvalue weighted by Gasteiger charge is -2.27. The number of carboxylic acids is 3. The third-order valence-electron chi connectivity index (χ3n) is 7.15. The van der Waals surface area contributed by atoms with Gasteiger partial charge in [-0.1, -0.05) is 65.7 Å². The summed E-state index contributed by atoms with van der Waals surface area (Å²) in [6.07, 6.45) is -0.894. The Balaban J connectivity index is 0.000000459. The van der Waals surface area contributed by atoms with Crippen LogP contribution in [0.3, 0.4) is 0 Å². The predicted octanol–water partition coefficient (Wildman–Crippen LogP) is 4.35. The van der Waals surface area contributed by atoms with Gasteiger partial charge in [0.1, 0.15) is 0 Å². The molecule has 0 heterocycles. The van der Waals surface area contributed by atoms with Gasteiger partial charge in [-0.3, -0.25) is 14.4 Å². The molecule has 14 heteroatoms. The van der Waals surface area contributed by atoms with Crippen molar-refractivity contribution in [2.24, 2.45) is 5.73 Å². The highest BCUT2D eigenvalue weighted by molar-refractivity contribution is 6.42. The zero-order valence-electron chi connectivity index (χ0n) is 24.7. The second-order valence-corrected chi connectivity index (χ2v) is 11.8. The number of nitrogens with zero attached hydrogens (tertiary/aromatic N) is 1. The molecule has 0 aliphatic rings. The molecular formula is C31H36Cl2N3O9+. The molecule has 7 N–H and O–H groups in total. The number of nitrogens with two attached hydrogens (primary N) is 1. The largest absolute Gasteiger partial charge is 0.481 e. The average molecular weight is 666 g/mol. The lowest BCUT2D eigenvalue weighted by atomic mass is 9.92. The van der Waals surface area contributed by atoms with Crippen LogP contribution in [0.15, 0.2) is 60.7 Å². The second kappa shape index (κ2) is 16.2. The van der Waals surface area contributed by atoms with E-state index in [-0.39, 0.29) is 22.3 Å². The molecule has 0 saturated heterocycles. The lowest BCUT2D eigenvalue weighted by molar-refractivity contribution is -0.808. The van der Waals surface area contributed by atoms with Gasteiger partial charge in [0.05, 0.1) is 43.5 Å². The first-order valence-electron chi connectivity index (χ1n) is 13.7. The number of hydrogen-bond acceptors (Lipinski definition) is 6. The van der Waals surface area contributed by atoms with E-state index < -0.39 is 36.4 Å². The first kappa shape index (κ1) is 37.0. The van der Waals surface area contributed by atoms with Gasteiger partial charge >= 0.3 is 23.9 Å². The van der Waals surface area contributed by atoms with Crippen molar-refractivity contribution < 1.29 is 48.9 Å². The Kier molecular flexibility index (Phi) is 13.3. The van der Waals surface area contributed by atoms with E-state index in [1.165, 1.54) is 0 Å². The Morgan fingerprint density at radius 2 is 1.47 bits per heavy atom. The minimum absolute atomic E-state index is 0.0781. The molecule has 0 fully saturated rings. The normalized spacial score (nSPS) is 12.0. The van der Waals surface area contributed by atoms with Gasteiger partial charge in [-0.25, -0.2) is 14.1 Å². The number of fused-ring (bicyclic) bond motifs is 1. The molecule has 3 amide bonds. The Morgan fingerprint density at radius 3 is 2.02 bits per heavy atom. The molecule has 0 aromatic heterocycles. The van der Waals surface area contributed by atoms with Gasteiger partial charge in [0, 0.05) is 18.5 Å². The monoisotopic (exact) mass is 664 g/mol. The van der Waals surface area contributed by atoms with Crippen LogP contribution in [0.5, 0.6) is 0 Å². The van der Waals surface area contributed by atoms with Crippen molar-refractivity contribution in [3.05, 3.63) is 81.8 Å². The van der Waals surface area contributed by atoms with Crippen LogP contribution in [0.25, 0.3) is 10.8 Å². The van der Waals surface area contributed by atoms with Crippen molar-refractivity contribution in [1.29, 1.82) is 0 Å². The van der Waals surface area contributed by atoms with Gasteiger partial charge in [0.25, 0.3) is 5.91 Å². The summed E-state index contributed by atoms with van der Waals surface area (Å²) in [5.74, 6) is -5.05. The first-order valence-corrected chi connectivity index (χ1v) is 14.5. The summed E-state index contributed by atoms with van der Waals surface area (Å²) in [5.41, 5.74) is 4.46. The molecule has 0 aliphatic carbocycles. The van der Waals surface area contributed by atoms with Crippen LogP contribution in [0.2, 0.25) is 10.0 Å². The Hall–Kier alpha value is -4.23. The topological polar surface area (TPSA) is 204 Å². The average Bonchev–Trinajstić information content (AvgIpc) is 2.95. The van der Waals surface area contributed by atoms with E-state index in [1.807, 2.05) is 54.6 Å². The predicted molar refractivity (Wildman–Crippen MR) is 168 cm³/mol. The highest BCUT2D eigenvalue weighted by Crippen LogP contribution is 2.30. The Morgan fingerprint density at radius 1 is 0.867 bits per heavy atom. The van der Waals surface area contributed by atoms with Crippen LogP contribution in [-0.4, -0.2) is 87.5 Å². The minimum atomic E-state index is -2.74. The number of aliphatic hydroxyl groups is 1. The van der Waals surface area contributed by atoms with Gasteiger partial charge in [-0.05, 0) is 46.9 Å². The van der Waals surface area contributed by atoms with E-state index in [0.29, 0.717) is 41.5 Å². The van der Waals surface area contributed by atoms with Gasteiger partial charge in [-0.15, -0.1) is 0 Å². The number of carbonyl (C=O) groups is 5. The number of rotatable bonds is 13. The van der Waals surface area contributed by atoms with Gasteiger partial charge in [0.2, 0.25) is 0 Å². The number of benzene rings is 3. The van der Waals surface area contributed by atoms with Gasteiger partial charge < -0.3 is 31.5 Å². The molecule has 3 aromatic carbocycles. The maximum atomic E-state index is 12.9. The smallest absolute Gasteiger partial charge is 0.413 e. The van der Waals surface area contributed by atoms with Crippen LogP contribution in [0.4, 0.5) is 4.79 Å². The highest BCUT2D eigenvalue weighted by Gasteiger charge is 2.40. The molecule has 0 bridgehead atoms. The summed E-state index contributed by atoms with van der Waals surface area (Å²) in [6.45, 7) is 1.05. The van der Waals surface area contributed by atoms with Crippen molar-refractivity contribution in [3.63, 3.8) is 0 Å². The second-order valence-electron chi connectivity index (χ2n) is 11.0. The maximum absolute atomic E-state index is 12.9. The fourth-order valence-electron chi connectivity index (χ4n) is 4.43. The third kappa shape index (κ3) is 11.0. The number of nitrogens with one attached hydrogen (secondary N) is 1. The zero-order valence-corrected chi connectivity index (χ0v) is 26.2. The summed E-state index contributed by atoms with van der Waals surface area (Å²) in [4.78, 5) is 55.1. The first-order chi connectivity index (χ1) is 21.0. The summed E-state index contributed by atoms with van der Waals surface area (Å²) in [6, 6.07) is 18.7. The van der Waals surface area contributed by atoms with Gasteiger partial charge in [0.15, 0.2) is 5.60 Å². The number of aliphatic carboxylic acids is 3. The fourth-order valence-corrected chi connectivity index (χ4v) is 4.73. The number of halogens is 2. The number of urea groups is 1. The molecule has 1 atom stereocenters. The summed E-state index contributed by atoms with van der Waals surface area (Å²) >= 11 is 12.3. The Bertz CT molecular complexity index is 1540. The lowest BCUT2D eigenvalue weighted by Crippen LogP contribution is -2.50. The van der Waals surface area contributed by atoms with Crippen LogP contribution >= 0.6 is 23.2 Å². The van der Waals surface area contributed by atoms with E-state index in [1.54, 1.807) is 20.2 Å².